The topological polar surface area (TPSA) is 112 Å². The van der Waals surface area contributed by atoms with Crippen molar-refractivity contribution >= 4 is 22.0 Å². The maximum Gasteiger partial charge on any atom is 0.318 e. The molecule has 0 unspecified atom stereocenters. The summed E-state index contributed by atoms with van der Waals surface area (Å²) in [6.07, 6.45) is 0. The van der Waals surface area contributed by atoms with Gasteiger partial charge < -0.3 is 10.2 Å². The van der Waals surface area contributed by atoms with Gasteiger partial charge in [0, 0.05) is 0 Å². The van der Waals surface area contributed by atoms with E-state index in [2.05, 4.69) is 0 Å². The van der Waals surface area contributed by atoms with Crippen molar-refractivity contribution in [3.05, 3.63) is 29.3 Å². The fourth-order valence-electron chi connectivity index (χ4n) is 1.55. The third-order valence-corrected chi connectivity index (χ3v) is 4.53. The van der Waals surface area contributed by atoms with Gasteiger partial charge >= 0.3 is 11.9 Å². The first-order chi connectivity index (χ1) is 9.14. The maximum absolute atomic E-state index is 12.3. The highest BCUT2D eigenvalue weighted by Crippen LogP contribution is 2.19. The normalized spacial score (nSPS) is 11.6. The molecule has 0 saturated heterocycles. The molecule has 20 heavy (non-hydrogen) atoms. The zero-order chi connectivity index (χ0) is 15.5. The van der Waals surface area contributed by atoms with E-state index in [1.807, 2.05) is 0 Å². The number of sulfonamides is 1. The molecule has 8 heteroatoms. The molecule has 0 aliphatic heterocycles. The standard InChI is InChI=1S/C12H15NO6S/c1-8-3-4-10(5-9(8)2)20(18,19)13(6-11(14)15)7-12(16)17/h3-5H,6-7H2,1-2H3,(H,14,15)(H,16,17). The minimum atomic E-state index is -4.16. The van der Waals surface area contributed by atoms with Gasteiger partial charge in [-0.15, -0.1) is 0 Å². The van der Waals surface area contributed by atoms with Crippen molar-refractivity contribution in [2.45, 2.75) is 18.7 Å². The van der Waals surface area contributed by atoms with E-state index in [1.165, 1.54) is 12.1 Å². The number of carbonyl (C=O) groups is 2. The van der Waals surface area contributed by atoms with Crippen LogP contribution in [-0.4, -0.2) is 48.0 Å². The number of carboxylic acids is 2. The molecule has 0 aliphatic carbocycles. The first-order valence-corrected chi connectivity index (χ1v) is 7.09. The van der Waals surface area contributed by atoms with Gasteiger partial charge in [0.15, 0.2) is 0 Å². The van der Waals surface area contributed by atoms with Gasteiger partial charge in [0.05, 0.1) is 4.90 Å². The molecule has 7 nitrogen and oxygen atoms in total. The van der Waals surface area contributed by atoms with Crippen LogP contribution < -0.4 is 0 Å². The number of hydrogen-bond donors (Lipinski definition) is 2. The van der Waals surface area contributed by atoms with E-state index in [4.69, 9.17) is 10.2 Å². The third kappa shape index (κ3) is 3.78. The zero-order valence-electron chi connectivity index (χ0n) is 11.0. The van der Waals surface area contributed by atoms with E-state index >= 15 is 0 Å². The van der Waals surface area contributed by atoms with Crippen LogP contribution in [0.1, 0.15) is 11.1 Å². The van der Waals surface area contributed by atoms with Crippen LogP contribution >= 0.6 is 0 Å². The van der Waals surface area contributed by atoms with Crippen molar-refractivity contribution in [1.29, 1.82) is 0 Å². The van der Waals surface area contributed by atoms with E-state index in [0.717, 1.165) is 11.1 Å². The summed E-state index contributed by atoms with van der Waals surface area (Å²) in [5, 5.41) is 17.4. The van der Waals surface area contributed by atoms with Crippen LogP contribution in [0.25, 0.3) is 0 Å². The molecule has 1 aromatic carbocycles. The molecule has 1 rings (SSSR count). The van der Waals surface area contributed by atoms with Crippen molar-refractivity contribution < 1.29 is 28.2 Å². The third-order valence-electron chi connectivity index (χ3n) is 2.74. The van der Waals surface area contributed by atoms with Crippen LogP contribution in [-0.2, 0) is 19.6 Å². The molecule has 1 aromatic rings. The number of benzene rings is 1. The summed E-state index contributed by atoms with van der Waals surface area (Å²) in [4.78, 5) is 21.3. The van der Waals surface area contributed by atoms with Crippen LogP contribution in [0.3, 0.4) is 0 Å². The monoisotopic (exact) mass is 301 g/mol. The van der Waals surface area contributed by atoms with Gasteiger partial charge in [-0.2, -0.15) is 4.31 Å². The van der Waals surface area contributed by atoms with Crippen molar-refractivity contribution in [2.24, 2.45) is 0 Å². The molecular formula is C12H15NO6S. The Morgan fingerprint density at radius 1 is 1.05 bits per heavy atom. The molecular weight excluding hydrogens is 286 g/mol. The summed E-state index contributed by atoms with van der Waals surface area (Å²) in [6, 6.07) is 4.30. The number of carboxylic acid groups (broad SMARTS) is 2. The van der Waals surface area contributed by atoms with Gasteiger partial charge in [-0.25, -0.2) is 8.42 Å². The van der Waals surface area contributed by atoms with Crippen molar-refractivity contribution in [2.75, 3.05) is 13.1 Å². The minimum absolute atomic E-state index is 0.122. The lowest BCUT2D eigenvalue weighted by molar-refractivity contribution is -0.139. The first-order valence-electron chi connectivity index (χ1n) is 5.65. The van der Waals surface area contributed by atoms with Crippen LogP contribution in [0.2, 0.25) is 0 Å². The van der Waals surface area contributed by atoms with Gasteiger partial charge in [-0.05, 0) is 37.1 Å². The minimum Gasteiger partial charge on any atom is -0.480 e. The Labute approximate surface area is 116 Å². The van der Waals surface area contributed by atoms with Crippen LogP contribution in [0.5, 0.6) is 0 Å². The molecule has 110 valence electrons. The molecule has 0 bridgehead atoms. The molecule has 0 atom stereocenters. The van der Waals surface area contributed by atoms with Crippen LogP contribution in [0.15, 0.2) is 23.1 Å². The zero-order valence-corrected chi connectivity index (χ0v) is 11.8. The van der Waals surface area contributed by atoms with Gasteiger partial charge in [0.25, 0.3) is 0 Å². The van der Waals surface area contributed by atoms with Crippen LogP contribution in [0, 0.1) is 13.8 Å². The molecule has 0 saturated carbocycles. The molecule has 0 spiro atoms. The number of nitrogens with zero attached hydrogens (tertiary/aromatic N) is 1. The van der Waals surface area contributed by atoms with Gasteiger partial charge in [0.1, 0.15) is 13.1 Å². The summed E-state index contributed by atoms with van der Waals surface area (Å²) in [5.74, 6) is -2.84. The van der Waals surface area contributed by atoms with Crippen molar-refractivity contribution in [3.8, 4) is 0 Å². The second kappa shape index (κ2) is 6.02. The number of aryl methyl sites for hydroxylation is 2. The highest BCUT2D eigenvalue weighted by molar-refractivity contribution is 7.89. The van der Waals surface area contributed by atoms with Gasteiger partial charge in [-0.1, -0.05) is 6.07 Å². The quantitative estimate of drug-likeness (QED) is 0.789. The summed E-state index contributed by atoms with van der Waals surface area (Å²) in [7, 11) is -4.16. The smallest absolute Gasteiger partial charge is 0.318 e. The molecule has 0 aliphatic rings. The van der Waals surface area contributed by atoms with Crippen LogP contribution in [0.4, 0.5) is 0 Å². The van der Waals surface area contributed by atoms with E-state index in [-0.39, 0.29) is 4.90 Å². The lowest BCUT2D eigenvalue weighted by atomic mass is 10.1. The first kappa shape index (κ1) is 16.1. The Bertz CT molecular complexity index is 621. The second-order valence-electron chi connectivity index (χ2n) is 4.31. The average molecular weight is 301 g/mol. The molecule has 0 heterocycles. The van der Waals surface area contributed by atoms with E-state index in [0.29, 0.717) is 4.31 Å². The van der Waals surface area contributed by atoms with Crippen molar-refractivity contribution in [1.82, 2.24) is 4.31 Å². The Hall–Kier alpha value is -1.93. The molecule has 0 amide bonds. The molecule has 0 aromatic heterocycles. The lowest BCUT2D eigenvalue weighted by Gasteiger charge is -2.18. The predicted octanol–water partition coefficient (Wildman–Crippen LogP) is 0.463. The average Bonchev–Trinajstić information content (AvgIpc) is 2.30. The summed E-state index contributed by atoms with van der Waals surface area (Å²) < 4.78 is 25.0. The SMILES string of the molecule is Cc1ccc(S(=O)(=O)N(CC(=O)O)CC(=O)O)cc1C. The predicted molar refractivity (Wildman–Crippen MR) is 69.9 cm³/mol. The Morgan fingerprint density at radius 3 is 1.95 bits per heavy atom. The molecule has 0 radical (unpaired) electrons. The lowest BCUT2D eigenvalue weighted by Crippen LogP contribution is -2.39. The molecule has 0 fully saturated rings. The summed E-state index contributed by atoms with van der Waals surface area (Å²) in [6.45, 7) is 1.72. The Morgan fingerprint density at radius 2 is 1.55 bits per heavy atom. The largest absolute Gasteiger partial charge is 0.480 e. The highest BCUT2D eigenvalue weighted by atomic mass is 32.2. The number of hydrogen-bond acceptors (Lipinski definition) is 4. The number of aliphatic carboxylic acids is 2. The highest BCUT2D eigenvalue weighted by Gasteiger charge is 2.28. The molecule has 2 N–H and O–H groups in total. The second-order valence-corrected chi connectivity index (χ2v) is 6.24. The van der Waals surface area contributed by atoms with E-state index in [1.54, 1.807) is 19.9 Å². The fraction of sp³-hybridized carbons (Fsp3) is 0.333. The summed E-state index contributed by atoms with van der Waals surface area (Å²) >= 11 is 0. The number of rotatable bonds is 6. The van der Waals surface area contributed by atoms with Gasteiger partial charge in [-0.3, -0.25) is 9.59 Å². The Balaban J connectivity index is 3.24. The maximum atomic E-state index is 12.3. The van der Waals surface area contributed by atoms with Gasteiger partial charge in [0.2, 0.25) is 10.0 Å². The van der Waals surface area contributed by atoms with Crippen molar-refractivity contribution in [3.63, 3.8) is 0 Å². The summed E-state index contributed by atoms with van der Waals surface area (Å²) in [5.41, 5.74) is 1.60. The van der Waals surface area contributed by atoms with E-state index < -0.39 is 35.1 Å². The van der Waals surface area contributed by atoms with E-state index in [9.17, 15) is 18.0 Å². The fourth-order valence-corrected chi connectivity index (χ4v) is 2.98. The Kier molecular flexibility index (Phi) is 4.85.